The number of aromatic nitrogens is 3. The summed E-state index contributed by atoms with van der Waals surface area (Å²) in [6.07, 6.45) is 2.45. The van der Waals surface area contributed by atoms with E-state index >= 15 is 0 Å². The molecule has 1 N–H and O–H groups in total. The summed E-state index contributed by atoms with van der Waals surface area (Å²) in [6, 6.07) is 15.3. The van der Waals surface area contributed by atoms with E-state index < -0.39 is 0 Å². The van der Waals surface area contributed by atoms with Crippen molar-refractivity contribution in [2.75, 3.05) is 24.2 Å². The summed E-state index contributed by atoms with van der Waals surface area (Å²) >= 11 is 13.3. The van der Waals surface area contributed by atoms with Crippen LogP contribution in [0.1, 0.15) is 24.2 Å². The van der Waals surface area contributed by atoms with Crippen molar-refractivity contribution >= 4 is 46.6 Å². The highest BCUT2D eigenvalue weighted by atomic mass is 35.5. The van der Waals surface area contributed by atoms with Crippen LogP contribution >= 0.6 is 35.0 Å². The molecule has 1 aliphatic rings. The zero-order valence-electron chi connectivity index (χ0n) is 16.9. The summed E-state index contributed by atoms with van der Waals surface area (Å²) in [5, 5.41) is 13.3. The molecule has 31 heavy (non-hydrogen) atoms. The number of amides is 1. The molecule has 0 atom stereocenters. The maximum atomic E-state index is 12.5. The Morgan fingerprint density at radius 1 is 1.00 bits per heavy atom. The second kappa shape index (κ2) is 10.5. The molecule has 1 fully saturated rings. The Bertz CT molecular complexity index is 1040. The second-order valence-electron chi connectivity index (χ2n) is 7.42. The van der Waals surface area contributed by atoms with Gasteiger partial charge in [-0.1, -0.05) is 65.3 Å². The molecule has 1 aromatic heterocycles. The molecule has 3 aromatic rings. The smallest absolute Gasteiger partial charge is 0.234 e. The van der Waals surface area contributed by atoms with Crippen LogP contribution in [-0.4, -0.2) is 44.4 Å². The van der Waals surface area contributed by atoms with Gasteiger partial charge in [0.2, 0.25) is 5.91 Å². The summed E-state index contributed by atoms with van der Waals surface area (Å²) in [5.74, 6) is 1.01. The van der Waals surface area contributed by atoms with Gasteiger partial charge in [-0.25, -0.2) is 0 Å². The Labute approximate surface area is 195 Å². The van der Waals surface area contributed by atoms with Crippen LogP contribution in [0.3, 0.4) is 0 Å². The van der Waals surface area contributed by atoms with Crippen LogP contribution in [0.2, 0.25) is 10.0 Å². The third kappa shape index (κ3) is 6.01. The minimum Gasteiger partial charge on any atom is -0.325 e. The van der Waals surface area contributed by atoms with Gasteiger partial charge in [0, 0.05) is 5.69 Å². The van der Waals surface area contributed by atoms with Crippen molar-refractivity contribution in [1.82, 2.24) is 19.7 Å². The van der Waals surface area contributed by atoms with Gasteiger partial charge in [-0.2, -0.15) is 0 Å². The third-order valence-corrected chi connectivity index (χ3v) is 6.78. The predicted molar refractivity (Wildman–Crippen MR) is 126 cm³/mol. The summed E-state index contributed by atoms with van der Waals surface area (Å²) in [6.45, 7) is 3.63. The first kappa shape index (κ1) is 22.1. The number of nitrogens with one attached hydrogen (secondary N) is 1. The van der Waals surface area contributed by atoms with Gasteiger partial charge >= 0.3 is 0 Å². The molecule has 1 saturated heterocycles. The second-order valence-corrected chi connectivity index (χ2v) is 9.18. The third-order valence-electron chi connectivity index (χ3n) is 5.08. The van der Waals surface area contributed by atoms with Gasteiger partial charge in [-0.05, 0) is 49.7 Å². The van der Waals surface area contributed by atoms with Crippen LogP contribution in [0.25, 0.3) is 0 Å². The van der Waals surface area contributed by atoms with Crippen LogP contribution in [-0.2, 0) is 17.9 Å². The molecule has 0 spiro atoms. The lowest BCUT2D eigenvalue weighted by molar-refractivity contribution is -0.113. The molecule has 6 nitrogen and oxygen atoms in total. The highest BCUT2D eigenvalue weighted by Gasteiger charge is 2.19. The van der Waals surface area contributed by atoms with Gasteiger partial charge in [-0.15, -0.1) is 10.2 Å². The Hall–Kier alpha value is -2.06. The van der Waals surface area contributed by atoms with Gasteiger partial charge in [0.25, 0.3) is 0 Å². The van der Waals surface area contributed by atoms with E-state index in [4.69, 9.17) is 23.2 Å². The monoisotopic (exact) mass is 475 g/mol. The molecular formula is C22H23Cl2N5OS. The Morgan fingerprint density at radius 2 is 1.77 bits per heavy atom. The zero-order valence-corrected chi connectivity index (χ0v) is 19.3. The molecule has 0 unspecified atom stereocenters. The molecule has 2 heterocycles. The standard InChI is InChI=1S/C22H23Cl2N5OS/c23-18-9-8-17(12-19(18)24)25-21(30)15-31-22-27-26-20(14-28-10-4-5-11-28)29(22)13-16-6-2-1-3-7-16/h1-3,6-9,12H,4-5,10-11,13-15H2,(H,25,30). The van der Waals surface area contributed by atoms with Crippen molar-refractivity contribution in [3.05, 3.63) is 70.0 Å². The predicted octanol–water partition coefficient (Wildman–Crippen LogP) is 4.96. The molecule has 0 radical (unpaired) electrons. The lowest BCUT2D eigenvalue weighted by Gasteiger charge is -2.16. The van der Waals surface area contributed by atoms with Crippen LogP contribution in [0, 0.1) is 0 Å². The average molecular weight is 476 g/mol. The minimum atomic E-state index is -0.140. The van der Waals surface area contributed by atoms with E-state index in [1.807, 2.05) is 18.2 Å². The number of anilines is 1. The zero-order chi connectivity index (χ0) is 21.6. The number of carbonyl (C=O) groups excluding carboxylic acids is 1. The molecule has 0 saturated carbocycles. The van der Waals surface area contributed by atoms with Crippen molar-refractivity contribution in [2.45, 2.75) is 31.1 Å². The Balaban J connectivity index is 1.45. The number of hydrogen-bond acceptors (Lipinski definition) is 5. The normalized spacial score (nSPS) is 14.1. The van der Waals surface area contributed by atoms with Crippen LogP contribution in [0.15, 0.2) is 53.7 Å². The van der Waals surface area contributed by atoms with Gasteiger partial charge < -0.3 is 9.88 Å². The molecular weight excluding hydrogens is 453 g/mol. The summed E-state index contributed by atoms with van der Waals surface area (Å²) < 4.78 is 2.12. The molecule has 0 bridgehead atoms. The van der Waals surface area contributed by atoms with Crippen molar-refractivity contribution in [3.63, 3.8) is 0 Å². The number of thioether (sulfide) groups is 1. The lowest BCUT2D eigenvalue weighted by atomic mass is 10.2. The molecule has 0 aliphatic carbocycles. The van der Waals surface area contributed by atoms with Gasteiger partial charge in [0.05, 0.1) is 28.9 Å². The first-order chi connectivity index (χ1) is 15.1. The number of carbonyl (C=O) groups is 1. The van der Waals surface area contributed by atoms with Gasteiger partial charge in [0.15, 0.2) is 5.16 Å². The molecule has 2 aromatic carbocycles. The molecule has 1 amide bonds. The van der Waals surface area contributed by atoms with Gasteiger partial charge in [-0.3, -0.25) is 9.69 Å². The van der Waals surface area contributed by atoms with E-state index in [2.05, 4.69) is 37.1 Å². The Kier molecular flexibility index (Phi) is 7.50. The first-order valence-corrected chi connectivity index (χ1v) is 11.9. The summed E-state index contributed by atoms with van der Waals surface area (Å²) in [7, 11) is 0. The first-order valence-electron chi connectivity index (χ1n) is 10.1. The molecule has 4 rings (SSSR count). The number of rotatable bonds is 8. The molecule has 9 heteroatoms. The van der Waals surface area contributed by atoms with Crippen molar-refractivity contribution in [3.8, 4) is 0 Å². The molecule has 162 valence electrons. The van der Waals surface area contributed by atoms with E-state index in [1.165, 1.54) is 30.2 Å². The number of halogens is 2. The van der Waals surface area contributed by atoms with Crippen LogP contribution in [0.5, 0.6) is 0 Å². The van der Waals surface area contributed by atoms with E-state index in [-0.39, 0.29) is 11.7 Å². The van der Waals surface area contributed by atoms with Crippen molar-refractivity contribution in [2.24, 2.45) is 0 Å². The molecule has 1 aliphatic heterocycles. The summed E-state index contributed by atoms with van der Waals surface area (Å²) in [5.41, 5.74) is 1.78. The van der Waals surface area contributed by atoms with E-state index in [9.17, 15) is 4.79 Å². The Morgan fingerprint density at radius 3 is 2.52 bits per heavy atom. The number of nitrogens with zero attached hydrogens (tertiary/aromatic N) is 4. The minimum absolute atomic E-state index is 0.140. The fourth-order valence-electron chi connectivity index (χ4n) is 3.51. The van der Waals surface area contributed by atoms with E-state index in [0.717, 1.165) is 30.6 Å². The van der Waals surface area contributed by atoms with Gasteiger partial charge in [0.1, 0.15) is 5.82 Å². The maximum Gasteiger partial charge on any atom is 0.234 e. The SMILES string of the molecule is O=C(CSc1nnc(CN2CCCC2)n1Cc1ccccc1)Nc1ccc(Cl)c(Cl)c1. The van der Waals surface area contributed by atoms with E-state index in [0.29, 0.717) is 22.3 Å². The highest BCUT2D eigenvalue weighted by molar-refractivity contribution is 7.99. The average Bonchev–Trinajstić information content (AvgIpc) is 3.41. The van der Waals surface area contributed by atoms with E-state index in [1.54, 1.807) is 18.2 Å². The van der Waals surface area contributed by atoms with Crippen molar-refractivity contribution in [1.29, 1.82) is 0 Å². The fraction of sp³-hybridized carbons (Fsp3) is 0.318. The largest absolute Gasteiger partial charge is 0.325 e. The van der Waals surface area contributed by atoms with Crippen molar-refractivity contribution < 1.29 is 4.79 Å². The number of benzene rings is 2. The topological polar surface area (TPSA) is 63.1 Å². The fourth-order valence-corrected chi connectivity index (χ4v) is 4.56. The quantitative estimate of drug-likeness (QED) is 0.466. The lowest BCUT2D eigenvalue weighted by Crippen LogP contribution is -2.22. The number of likely N-dealkylation sites (tertiary alicyclic amines) is 1. The maximum absolute atomic E-state index is 12.5. The number of hydrogen-bond donors (Lipinski definition) is 1. The summed E-state index contributed by atoms with van der Waals surface area (Å²) in [4.78, 5) is 14.9. The van der Waals surface area contributed by atoms with Crippen LogP contribution < -0.4 is 5.32 Å². The van der Waals surface area contributed by atoms with Crippen LogP contribution in [0.4, 0.5) is 5.69 Å². The highest BCUT2D eigenvalue weighted by Crippen LogP contribution is 2.26.